The highest BCUT2D eigenvalue weighted by Gasteiger charge is 2.59. The van der Waals surface area contributed by atoms with Crippen molar-refractivity contribution in [2.75, 3.05) is 7.11 Å². The van der Waals surface area contributed by atoms with Crippen molar-refractivity contribution in [2.24, 2.45) is 5.92 Å². The number of benzene rings is 2. The molecule has 0 spiro atoms. The first-order valence-corrected chi connectivity index (χ1v) is 7.64. The maximum atomic E-state index is 12.7. The Morgan fingerprint density at radius 3 is 2.30 bits per heavy atom. The van der Waals surface area contributed by atoms with E-state index in [1.807, 2.05) is 55.5 Å². The molecular weight excluding hydrogens is 290 g/mol. The lowest BCUT2D eigenvalue weighted by Gasteiger charge is -2.17. The summed E-state index contributed by atoms with van der Waals surface area (Å²) in [6, 6.07) is 17.1. The van der Waals surface area contributed by atoms with Gasteiger partial charge < -0.3 is 10.1 Å². The molecule has 4 heteroatoms. The molecule has 3 rings (SSSR count). The van der Waals surface area contributed by atoms with Crippen LogP contribution in [0.3, 0.4) is 0 Å². The Morgan fingerprint density at radius 1 is 1.09 bits per heavy atom. The maximum Gasteiger partial charge on any atom is 0.331 e. The van der Waals surface area contributed by atoms with E-state index in [2.05, 4.69) is 5.32 Å². The molecule has 23 heavy (non-hydrogen) atoms. The second-order valence-corrected chi connectivity index (χ2v) is 5.93. The number of amides is 1. The summed E-state index contributed by atoms with van der Waals surface area (Å²) in [6.45, 7) is 1.93. The summed E-state index contributed by atoms with van der Waals surface area (Å²) in [5.41, 5.74) is 1.49. The summed E-state index contributed by atoms with van der Waals surface area (Å²) in [4.78, 5) is 24.7. The predicted octanol–water partition coefficient (Wildman–Crippen LogP) is 3.04. The van der Waals surface area contributed by atoms with Crippen LogP contribution < -0.4 is 5.32 Å². The van der Waals surface area contributed by atoms with Crippen molar-refractivity contribution in [2.45, 2.75) is 18.9 Å². The van der Waals surface area contributed by atoms with Crippen LogP contribution in [0.15, 0.2) is 54.6 Å². The van der Waals surface area contributed by atoms with Gasteiger partial charge in [-0.2, -0.15) is 0 Å². The van der Waals surface area contributed by atoms with E-state index in [-0.39, 0.29) is 17.8 Å². The highest BCUT2D eigenvalue weighted by Crippen LogP contribution is 2.44. The number of esters is 1. The van der Waals surface area contributed by atoms with Gasteiger partial charge in [0.05, 0.1) is 7.11 Å². The van der Waals surface area contributed by atoms with E-state index in [0.717, 1.165) is 11.1 Å². The lowest BCUT2D eigenvalue weighted by atomic mass is 9.99. The minimum Gasteiger partial charge on any atom is -0.467 e. The van der Waals surface area contributed by atoms with Crippen LogP contribution in [0.4, 0.5) is 0 Å². The molecule has 2 aromatic carbocycles. The molecule has 4 nitrogen and oxygen atoms in total. The molecule has 1 aliphatic carbocycles. The van der Waals surface area contributed by atoms with Crippen LogP contribution in [0, 0.1) is 5.92 Å². The van der Waals surface area contributed by atoms with Crippen molar-refractivity contribution < 1.29 is 14.3 Å². The van der Waals surface area contributed by atoms with E-state index >= 15 is 0 Å². The molecule has 0 heterocycles. The minimum absolute atomic E-state index is 0.0859. The summed E-state index contributed by atoms with van der Waals surface area (Å²) >= 11 is 0. The van der Waals surface area contributed by atoms with E-state index in [1.54, 1.807) is 6.07 Å². The van der Waals surface area contributed by atoms with Crippen LogP contribution in [0.5, 0.6) is 0 Å². The first-order valence-electron chi connectivity index (χ1n) is 7.64. The standard InChI is InChI=1S/C19H19NO3/c1-13-12-19(13,18(22)23-2)20-17(21)16-11-7-6-10-15(16)14-8-4-3-5-9-14/h3-11,13H,12H2,1-2H3,(H,20,21). The van der Waals surface area contributed by atoms with Gasteiger partial charge >= 0.3 is 5.97 Å². The van der Waals surface area contributed by atoms with Gasteiger partial charge in [0, 0.05) is 5.56 Å². The zero-order valence-corrected chi connectivity index (χ0v) is 13.2. The Morgan fingerprint density at radius 2 is 1.70 bits per heavy atom. The molecule has 0 aliphatic heterocycles. The Labute approximate surface area is 135 Å². The van der Waals surface area contributed by atoms with Gasteiger partial charge in [0.25, 0.3) is 5.91 Å². The summed E-state index contributed by atoms with van der Waals surface area (Å²) in [6.07, 6.45) is 0.610. The average molecular weight is 309 g/mol. The van der Waals surface area contributed by atoms with Crippen molar-refractivity contribution in [1.82, 2.24) is 5.32 Å². The van der Waals surface area contributed by atoms with Crippen molar-refractivity contribution in [3.05, 3.63) is 60.2 Å². The third-order valence-corrected chi connectivity index (χ3v) is 4.45. The normalized spacial score (nSPS) is 22.3. The smallest absolute Gasteiger partial charge is 0.331 e. The predicted molar refractivity (Wildman–Crippen MR) is 87.9 cm³/mol. The second-order valence-electron chi connectivity index (χ2n) is 5.93. The van der Waals surface area contributed by atoms with E-state index < -0.39 is 5.54 Å². The fourth-order valence-electron chi connectivity index (χ4n) is 2.94. The van der Waals surface area contributed by atoms with Crippen LogP contribution in [-0.2, 0) is 9.53 Å². The van der Waals surface area contributed by atoms with Gasteiger partial charge in [-0.3, -0.25) is 4.79 Å². The van der Waals surface area contributed by atoms with Crippen molar-refractivity contribution in [3.63, 3.8) is 0 Å². The molecule has 0 saturated heterocycles. The number of rotatable bonds is 4. The molecule has 1 N–H and O–H groups in total. The SMILES string of the molecule is COC(=O)C1(NC(=O)c2ccccc2-c2ccccc2)CC1C. The molecular formula is C19H19NO3. The average Bonchev–Trinajstić information content (AvgIpc) is 3.25. The van der Waals surface area contributed by atoms with Gasteiger partial charge in [0.2, 0.25) is 0 Å². The highest BCUT2D eigenvalue weighted by atomic mass is 16.5. The quantitative estimate of drug-likeness (QED) is 0.883. The summed E-state index contributed by atoms with van der Waals surface area (Å²) in [5.74, 6) is -0.544. The van der Waals surface area contributed by atoms with Crippen LogP contribution >= 0.6 is 0 Å². The lowest BCUT2D eigenvalue weighted by molar-refractivity contribution is -0.144. The number of carbonyl (C=O) groups is 2. The van der Waals surface area contributed by atoms with Gasteiger partial charge in [-0.1, -0.05) is 55.5 Å². The zero-order chi connectivity index (χ0) is 16.4. The Balaban J connectivity index is 1.91. The van der Waals surface area contributed by atoms with Crippen molar-refractivity contribution in [1.29, 1.82) is 0 Å². The van der Waals surface area contributed by atoms with Gasteiger partial charge in [-0.15, -0.1) is 0 Å². The second kappa shape index (κ2) is 5.88. The number of methoxy groups -OCH3 is 1. The fraction of sp³-hybridized carbons (Fsp3) is 0.263. The Kier molecular flexibility index (Phi) is 3.90. The van der Waals surface area contributed by atoms with E-state index in [0.29, 0.717) is 12.0 Å². The zero-order valence-electron chi connectivity index (χ0n) is 13.2. The number of hydrogen-bond acceptors (Lipinski definition) is 3. The molecule has 1 amide bonds. The minimum atomic E-state index is -0.879. The van der Waals surface area contributed by atoms with Crippen LogP contribution in [0.1, 0.15) is 23.7 Å². The molecule has 0 aromatic heterocycles. The van der Waals surface area contributed by atoms with E-state index in [1.165, 1.54) is 7.11 Å². The van der Waals surface area contributed by atoms with E-state index in [4.69, 9.17) is 4.74 Å². The molecule has 1 saturated carbocycles. The van der Waals surface area contributed by atoms with Crippen molar-refractivity contribution >= 4 is 11.9 Å². The lowest BCUT2D eigenvalue weighted by Crippen LogP contribution is -2.45. The van der Waals surface area contributed by atoms with Crippen molar-refractivity contribution in [3.8, 4) is 11.1 Å². The van der Waals surface area contributed by atoms with Gasteiger partial charge in [-0.25, -0.2) is 4.79 Å². The Bertz CT molecular complexity index is 741. The summed E-state index contributed by atoms with van der Waals surface area (Å²) in [5, 5.41) is 2.88. The van der Waals surface area contributed by atoms with Crippen LogP contribution in [-0.4, -0.2) is 24.5 Å². The maximum absolute atomic E-state index is 12.7. The molecule has 118 valence electrons. The van der Waals surface area contributed by atoms with E-state index in [9.17, 15) is 9.59 Å². The molecule has 1 aliphatic rings. The molecule has 2 atom stereocenters. The van der Waals surface area contributed by atoms with Crippen LogP contribution in [0.25, 0.3) is 11.1 Å². The first kappa shape index (κ1) is 15.3. The number of ether oxygens (including phenoxy) is 1. The summed E-state index contributed by atoms with van der Waals surface area (Å²) < 4.78 is 4.85. The van der Waals surface area contributed by atoms with Gasteiger partial charge in [-0.05, 0) is 29.5 Å². The largest absolute Gasteiger partial charge is 0.467 e. The molecule has 2 aromatic rings. The Hall–Kier alpha value is -2.62. The third kappa shape index (κ3) is 2.72. The highest BCUT2D eigenvalue weighted by molar-refractivity contribution is 6.04. The topological polar surface area (TPSA) is 55.4 Å². The number of carbonyl (C=O) groups excluding carboxylic acids is 2. The molecule has 1 fully saturated rings. The fourth-order valence-corrected chi connectivity index (χ4v) is 2.94. The number of nitrogens with one attached hydrogen (secondary N) is 1. The molecule has 2 unspecified atom stereocenters. The molecule has 0 radical (unpaired) electrons. The summed E-state index contributed by atoms with van der Waals surface area (Å²) in [7, 11) is 1.35. The van der Waals surface area contributed by atoms with Gasteiger partial charge in [0.1, 0.15) is 5.54 Å². The van der Waals surface area contributed by atoms with Gasteiger partial charge in [0.15, 0.2) is 0 Å². The monoisotopic (exact) mass is 309 g/mol. The van der Waals surface area contributed by atoms with Crippen LogP contribution in [0.2, 0.25) is 0 Å². The third-order valence-electron chi connectivity index (χ3n) is 4.45. The first-order chi connectivity index (χ1) is 11.1. The molecule has 0 bridgehead atoms. The number of hydrogen-bond donors (Lipinski definition) is 1.